The van der Waals surface area contributed by atoms with Gasteiger partial charge in [-0.3, -0.25) is 4.99 Å². The number of aliphatic imine (C=N–C) groups is 1. The van der Waals surface area contributed by atoms with Crippen molar-refractivity contribution in [1.29, 1.82) is 0 Å². The van der Waals surface area contributed by atoms with E-state index in [9.17, 15) is 0 Å². The van der Waals surface area contributed by atoms with Crippen LogP contribution in [-0.4, -0.2) is 37.3 Å². The smallest absolute Gasteiger partial charge is 0.215 e. The number of hydrogen-bond donors (Lipinski definition) is 1. The van der Waals surface area contributed by atoms with Gasteiger partial charge in [0, 0.05) is 10.7 Å². The monoisotopic (exact) mass is 510 g/mol. The van der Waals surface area contributed by atoms with Crippen LogP contribution in [0.4, 0.5) is 5.69 Å². The number of benzene rings is 2. The maximum Gasteiger partial charge on any atom is 0.215 e. The van der Waals surface area contributed by atoms with Crippen molar-refractivity contribution in [2.75, 3.05) is 4.90 Å². The third-order valence-electron chi connectivity index (χ3n) is 6.05. The Balaban J connectivity index is 1.75. The van der Waals surface area contributed by atoms with Crippen molar-refractivity contribution >= 4 is 40.5 Å². The summed E-state index contributed by atoms with van der Waals surface area (Å²) >= 11 is 11.8. The number of aromatic nitrogens is 3. The van der Waals surface area contributed by atoms with Crippen molar-refractivity contribution in [3.8, 4) is 5.75 Å². The van der Waals surface area contributed by atoms with Gasteiger partial charge in [0.15, 0.2) is 5.11 Å². The molecule has 2 atom stereocenters. The fraction of sp³-hybridized carbons (Fsp3) is 0.385. The summed E-state index contributed by atoms with van der Waals surface area (Å²) in [6, 6.07) is 15.3. The van der Waals surface area contributed by atoms with Crippen LogP contribution in [0.15, 0.2) is 66.2 Å². The largest absolute Gasteiger partial charge is 0.466 e. The minimum Gasteiger partial charge on any atom is -0.466 e. The molecule has 9 heteroatoms. The molecule has 0 amide bonds. The molecule has 0 saturated carbocycles. The van der Waals surface area contributed by atoms with Crippen LogP contribution < -0.4 is 15.0 Å². The highest BCUT2D eigenvalue weighted by Crippen LogP contribution is 2.36. The molecular formula is C26H31ClN6OS. The highest BCUT2D eigenvalue weighted by Gasteiger charge is 2.45. The number of thiocarbonyl (C=S) groups is 1. The molecule has 1 aliphatic rings. The van der Waals surface area contributed by atoms with Crippen molar-refractivity contribution in [2.24, 2.45) is 10.4 Å². The lowest BCUT2D eigenvalue weighted by Gasteiger charge is -2.36. The minimum atomic E-state index is -0.550. The molecule has 0 aliphatic carbocycles. The average Bonchev–Trinajstić information content (AvgIpc) is 3.38. The topological polar surface area (TPSA) is 67.6 Å². The number of halogens is 1. The fourth-order valence-electron chi connectivity index (χ4n) is 4.08. The summed E-state index contributed by atoms with van der Waals surface area (Å²) in [5.41, 5.74) is 1.43. The van der Waals surface area contributed by atoms with Gasteiger partial charge in [0.2, 0.25) is 6.23 Å². The number of nitrogens with zero attached hydrogens (tertiary/aromatic N) is 5. The molecule has 7 nitrogen and oxygen atoms in total. The first-order valence-corrected chi connectivity index (χ1v) is 12.3. The van der Waals surface area contributed by atoms with E-state index in [1.54, 1.807) is 23.1 Å². The van der Waals surface area contributed by atoms with Gasteiger partial charge >= 0.3 is 0 Å². The van der Waals surface area contributed by atoms with Crippen LogP contribution in [0.3, 0.4) is 0 Å². The van der Waals surface area contributed by atoms with Crippen LogP contribution in [-0.2, 0) is 0 Å². The Morgan fingerprint density at radius 1 is 1.09 bits per heavy atom. The van der Waals surface area contributed by atoms with Crippen LogP contribution >= 0.6 is 23.8 Å². The maximum absolute atomic E-state index is 6.45. The van der Waals surface area contributed by atoms with E-state index in [0.717, 1.165) is 11.5 Å². The minimum absolute atomic E-state index is 0.285. The molecule has 0 unspecified atom stereocenters. The van der Waals surface area contributed by atoms with E-state index in [-0.39, 0.29) is 11.5 Å². The maximum atomic E-state index is 6.45. The molecule has 1 fully saturated rings. The molecule has 0 radical (unpaired) electrons. The van der Waals surface area contributed by atoms with E-state index in [4.69, 9.17) is 33.5 Å². The number of amidine groups is 1. The number of aryl methyl sites for hydroxylation is 1. The Morgan fingerprint density at radius 3 is 2.31 bits per heavy atom. The van der Waals surface area contributed by atoms with Gasteiger partial charge in [-0.2, -0.15) is 5.10 Å². The average molecular weight is 511 g/mol. The second kappa shape index (κ2) is 9.59. The molecule has 35 heavy (non-hydrogen) atoms. The van der Waals surface area contributed by atoms with E-state index in [2.05, 4.69) is 86.1 Å². The molecule has 1 aromatic heterocycles. The van der Waals surface area contributed by atoms with E-state index in [1.165, 1.54) is 11.9 Å². The zero-order valence-electron chi connectivity index (χ0n) is 20.9. The molecular weight excluding hydrogens is 480 g/mol. The van der Waals surface area contributed by atoms with E-state index >= 15 is 0 Å². The number of hydrogen-bond acceptors (Lipinski definition) is 5. The van der Waals surface area contributed by atoms with Crippen molar-refractivity contribution in [3.05, 3.63) is 71.8 Å². The van der Waals surface area contributed by atoms with Gasteiger partial charge in [0.1, 0.15) is 30.3 Å². The van der Waals surface area contributed by atoms with Crippen LogP contribution in [0, 0.1) is 12.3 Å². The summed E-state index contributed by atoms with van der Waals surface area (Å²) in [6.45, 7) is 12.7. The molecule has 2 heterocycles. The summed E-state index contributed by atoms with van der Waals surface area (Å²) in [5.74, 6) is 1.44. The molecule has 1 saturated heterocycles. The molecule has 3 aromatic rings. The zero-order chi connectivity index (χ0) is 25.4. The lowest BCUT2D eigenvalue weighted by atomic mass is 9.85. The molecule has 0 spiro atoms. The van der Waals surface area contributed by atoms with Gasteiger partial charge in [-0.1, -0.05) is 50.1 Å². The quantitative estimate of drug-likeness (QED) is 0.422. The number of ether oxygens (including phenoxy) is 1. The van der Waals surface area contributed by atoms with Gasteiger partial charge < -0.3 is 15.0 Å². The van der Waals surface area contributed by atoms with Crippen LogP contribution in [0.1, 0.15) is 46.4 Å². The predicted molar refractivity (Wildman–Crippen MR) is 145 cm³/mol. The van der Waals surface area contributed by atoms with E-state index in [1.807, 2.05) is 12.1 Å². The van der Waals surface area contributed by atoms with Gasteiger partial charge in [-0.15, -0.1) is 0 Å². The van der Waals surface area contributed by atoms with Gasteiger partial charge in [0.05, 0.1) is 5.54 Å². The Labute approximate surface area is 217 Å². The molecule has 184 valence electrons. The Morgan fingerprint density at radius 2 is 1.74 bits per heavy atom. The number of rotatable bonds is 6. The summed E-state index contributed by atoms with van der Waals surface area (Å²) in [5, 5.41) is 9.02. The third-order valence-corrected chi connectivity index (χ3v) is 6.59. The van der Waals surface area contributed by atoms with Crippen molar-refractivity contribution in [2.45, 2.75) is 59.4 Å². The van der Waals surface area contributed by atoms with Crippen LogP contribution in [0.5, 0.6) is 5.75 Å². The standard InChI is InChI=1S/C26H31ClN6OS/c1-17-7-11-19(12-8-17)33-24(35)31-23(26(33,5)6)30-21(25(2,3)4)22(32-16-28-15-29-32)34-20-13-9-18(27)10-14-20/h7-16,21-22H,1-6H3,(H,30,31,35)/t21-,22-/m1/s1. The van der Waals surface area contributed by atoms with Crippen LogP contribution in [0.2, 0.25) is 5.02 Å². The van der Waals surface area contributed by atoms with E-state index < -0.39 is 11.8 Å². The third kappa shape index (κ3) is 5.33. The molecule has 0 bridgehead atoms. The second-order valence-corrected chi connectivity index (χ2v) is 11.1. The highest BCUT2D eigenvalue weighted by atomic mass is 35.5. The summed E-state index contributed by atoms with van der Waals surface area (Å²) in [6.07, 6.45) is 2.60. The lowest BCUT2D eigenvalue weighted by Crippen LogP contribution is -2.46. The first kappa shape index (κ1) is 25.1. The fourth-order valence-corrected chi connectivity index (χ4v) is 4.64. The van der Waals surface area contributed by atoms with Gasteiger partial charge in [0.25, 0.3) is 0 Å². The van der Waals surface area contributed by atoms with Crippen molar-refractivity contribution < 1.29 is 4.74 Å². The molecule has 1 aliphatic heterocycles. The lowest BCUT2D eigenvalue weighted by molar-refractivity contribution is 0.0470. The Bertz CT molecular complexity index is 1200. The van der Waals surface area contributed by atoms with Crippen molar-refractivity contribution in [1.82, 2.24) is 20.1 Å². The second-order valence-electron chi connectivity index (χ2n) is 10.3. The first-order valence-electron chi connectivity index (χ1n) is 11.5. The van der Waals surface area contributed by atoms with E-state index in [0.29, 0.717) is 15.9 Å². The zero-order valence-corrected chi connectivity index (χ0v) is 22.4. The van der Waals surface area contributed by atoms with Crippen LogP contribution in [0.25, 0.3) is 0 Å². The summed E-state index contributed by atoms with van der Waals surface area (Å²) in [4.78, 5) is 11.5. The first-order chi connectivity index (χ1) is 16.5. The predicted octanol–water partition coefficient (Wildman–Crippen LogP) is 5.80. The number of nitrogens with one attached hydrogen (secondary N) is 1. The SMILES string of the molecule is Cc1ccc(N2C(=S)NC(=N[C@H]([C@@H](Oc3ccc(Cl)cc3)n3cncn3)C(C)(C)C)C2(C)C)cc1. The normalized spacial score (nSPS) is 18.4. The molecule has 2 aromatic carbocycles. The molecule has 1 N–H and O–H groups in total. The van der Waals surface area contributed by atoms with Gasteiger partial charge in [-0.05, 0) is 74.8 Å². The molecule has 4 rings (SSSR count). The Hall–Kier alpha value is -2.97. The van der Waals surface area contributed by atoms with Crippen molar-refractivity contribution in [3.63, 3.8) is 0 Å². The Kier molecular flexibility index (Phi) is 6.88. The van der Waals surface area contributed by atoms with Gasteiger partial charge in [-0.25, -0.2) is 9.67 Å². The number of anilines is 1. The highest BCUT2D eigenvalue weighted by molar-refractivity contribution is 7.80. The summed E-state index contributed by atoms with van der Waals surface area (Å²) in [7, 11) is 0. The summed E-state index contributed by atoms with van der Waals surface area (Å²) < 4.78 is 8.15.